The van der Waals surface area contributed by atoms with Gasteiger partial charge in [-0.1, -0.05) is 6.42 Å². The van der Waals surface area contributed by atoms with Crippen LogP contribution in [0.2, 0.25) is 0 Å². The highest BCUT2D eigenvalue weighted by Crippen LogP contribution is 2.19. The molecule has 1 amide bonds. The van der Waals surface area contributed by atoms with Gasteiger partial charge in [0.25, 0.3) is 0 Å². The second kappa shape index (κ2) is 8.03. The Labute approximate surface area is 153 Å². The highest BCUT2D eigenvalue weighted by atomic mass is 16.3. The molecule has 140 valence electrons. The van der Waals surface area contributed by atoms with Crippen LogP contribution in [0.5, 0.6) is 0 Å². The lowest BCUT2D eigenvalue weighted by molar-refractivity contribution is -0.127. The van der Waals surface area contributed by atoms with Crippen molar-refractivity contribution in [1.82, 2.24) is 25.0 Å². The second-order valence-corrected chi connectivity index (χ2v) is 7.37. The molecule has 0 aromatic carbocycles. The summed E-state index contributed by atoms with van der Waals surface area (Å²) in [6.45, 7) is 4.01. The first-order valence-corrected chi connectivity index (χ1v) is 9.73. The van der Waals surface area contributed by atoms with Gasteiger partial charge in [0.15, 0.2) is 5.82 Å². The quantitative estimate of drug-likeness (QED) is 0.887. The van der Waals surface area contributed by atoms with Crippen molar-refractivity contribution < 1.29 is 9.21 Å². The highest BCUT2D eigenvalue weighted by molar-refractivity contribution is 5.78. The lowest BCUT2D eigenvalue weighted by Gasteiger charge is -2.31. The minimum atomic E-state index is 0.0326. The van der Waals surface area contributed by atoms with Crippen LogP contribution in [0, 0.1) is 5.92 Å². The topological polar surface area (TPSA) is 76.2 Å². The summed E-state index contributed by atoms with van der Waals surface area (Å²) in [5.74, 6) is 3.06. The lowest BCUT2D eigenvalue weighted by Crippen LogP contribution is -2.42. The number of nitrogens with one attached hydrogen (secondary N) is 1. The van der Waals surface area contributed by atoms with Crippen LogP contribution in [0.4, 0.5) is 0 Å². The van der Waals surface area contributed by atoms with E-state index >= 15 is 0 Å². The molecule has 1 N–H and O–H groups in total. The molecule has 7 nitrogen and oxygen atoms in total. The number of amides is 1. The lowest BCUT2D eigenvalue weighted by atomic mass is 9.97. The average molecular weight is 357 g/mol. The fourth-order valence-electron chi connectivity index (χ4n) is 4.02. The molecule has 0 aliphatic carbocycles. The number of piperidine rings is 1. The first-order valence-electron chi connectivity index (χ1n) is 9.73. The number of nitrogens with zero attached hydrogens (tertiary/aromatic N) is 4. The van der Waals surface area contributed by atoms with Crippen LogP contribution < -0.4 is 5.32 Å². The van der Waals surface area contributed by atoms with Gasteiger partial charge in [0.1, 0.15) is 11.6 Å². The molecule has 0 radical (unpaired) electrons. The maximum Gasteiger partial charge on any atom is 0.224 e. The first kappa shape index (κ1) is 17.3. The predicted molar refractivity (Wildman–Crippen MR) is 96.1 cm³/mol. The molecule has 1 atom stereocenters. The van der Waals surface area contributed by atoms with Crippen molar-refractivity contribution in [3.63, 3.8) is 0 Å². The maximum absolute atomic E-state index is 12.7. The van der Waals surface area contributed by atoms with Gasteiger partial charge in [-0.2, -0.15) is 0 Å². The van der Waals surface area contributed by atoms with Crippen LogP contribution in [-0.2, 0) is 30.8 Å². The van der Waals surface area contributed by atoms with E-state index in [1.165, 1.54) is 12.8 Å². The van der Waals surface area contributed by atoms with Crippen LogP contribution >= 0.6 is 0 Å². The van der Waals surface area contributed by atoms with Crippen LogP contribution in [0.3, 0.4) is 0 Å². The van der Waals surface area contributed by atoms with E-state index in [1.54, 1.807) is 6.26 Å². The SMILES string of the molecule is O=C(NCc1nnc2n1CCCCC2)[C@H]1CCCN(Cc2ccco2)C1. The predicted octanol–water partition coefficient (Wildman–Crippen LogP) is 2.13. The summed E-state index contributed by atoms with van der Waals surface area (Å²) in [4.78, 5) is 15.0. The fourth-order valence-corrected chi connectivity index (χ4v) is 4.02. The summed E-state index contributed by atoms with van der Waals surface area (Å²) in [7, 11) is 0. The van der Waals surface area contributed by atoms with Crippen molar-refractivity contribution in [3.05, 3.63) is 35.8 Å². The molecule has 2 aromatic heterocycles. The number of furan rings is 1. The molecule has 0 spiro atoms. The Morgan fingerprint density at radius 2 is 2.19 bits per heavy atom. The Hall–Kier alpha value is -2.15. The molecule has 2 aliphatic heterocycles. The normalized spacial score (nSPS) is 21.2. The molecule has 7 heteroatoms. The minimum Gasteiger partial charge on any atom is -0.468 e. The molecule has 2 aromatic rings. The van der Waals surface area contributed by atoms with E-state index in [0.29, 0.717) is 6.54 Å². The molecule has 4 rings (SSSR count). The van der Waals surface area contributed by atoms with Crippen molar-refractivity contribution in [2.45, 2.75) is 58.2 Å². The summed E-state index contributed by atoms with van der Waals surface area (Å²) in [5, 5.41) is 11.7. The van der Waals surface area contributed by atoms with E-state index in [2.05, 4.69) is 25.0 Å². The summed E-state index contributed by atoms with van der Waals surface area (Å²) in [6.07, 6.45) is 8.25. The molecular weight excluding hydrogens is 330 g/mol. The fraction of sp³-hybridized carbons (Fsp3) is 0.632. The summed E-state index contributed by atoms with van der Waals surface area (Å²) in [5.41, 5.74) is 0. The van der Waals surface area contributed by atoms with Crippen molar-refractivity contribution >= 4 is 5.91 Å². The van der Waals surface area contributed by atoms with E-state index in [4.69, 9.17) is 4.42 Å². The van der Waals surface area contributed by atoms with Crippen LogP contribution in [-0.4, -0.2) is 38.7 Å². The number of hydrogen-bond acceptors (Lipinski definition) is 5. The number of rotatable bonds is 5. The molecule has 0 bridgehead atoms. The minimum absolute atomic E-state index is 0.0326. The number of carbonyl (C=O) groups is 1. The third-order valence-electron chi connectivity index (χ3n) is 5.44. The van der Waals surface area contributed by atoms with E-state index in [-0.39, 0.29) is 11.8 Å². The van der Waals surface area contributed by atoms with Crippen LogP contribution in [0.1, 0.15) is 49.5 Å². The van der Waals surface area contributed by atoms with Gasteiger partial charge < -0.3 is 14.3 Å². The van der Waals surface area contributed by atoms with Crippen LogP contribution in [0.15, 0.2) is 22.8 Å². The molecule has 0 saturated carbocycles. The maximum atomic E-state index is 12.7. The largest absolute Gasteiger partial charge is 0.468 e. The van der Waals surface area contributed by atoms with Gasteiger partial charge in [-0.3, -0.25) is 9.69 Å². The zero-order chi connectivity index (χ0) is 17.8. The van der Waals surface area contributed by atoms with Gasteiger partial charge in [-0.25, -0.2) is 0 Å². The summed E-state index contributed by atoms with van der Waals surface area (Å²) >= 11 is 0. The number of aromatic nitrogens is 3. The molecule has 26 heavy (non-hydrogen) atoms. The van der Waals surface area contributed by atoms with Crippen molar-refractivity contribution in [2.24, 2.45) is 5.92 Å². The number of hydrogen-bond donors (Lipinski definition) is 1. The van der Waals surface area contributed by atoms with E-state index in [1.807, 2.05) is 12.1 Å². The third-order valence-corrected chi connectivity index (χ3v) is 5.44. The van der Waals surface area contributed by atoms with Crippen molar-refractivity contribution in [3.8, 4) is 0 Å². The van der Waals surface area contributed by atoms with Gasteiger partial charge in [0.2, 0.25) is 5.91 Å². The van der Waals surface area contributed by atoms with Gasteiger partial charge >= 0.3 is 0 Å². The number of fused-ring (bicyclic) bond motifs is 1. The Morgan fingerprint density at radius 1 is 1.23 bits per heavy atom. The molecule has 1 fully saturated rings. The van der Waals surface area contributed by atoms with E-state index in [0.717, 1.165) is 69.3 Å². The molecule has 1 saturated heterocycles. The van der Waals surface area contributed by atoms with E-state index < -0.39 is 0 Å². The van der Waals surface area contributed by atoms with E-state index in [9.17, 15) is 4.79 Å². The molecular formula is C19H27N5O2. The van der Waals surface area contributed by atoms with Gasteiger partial charge in [0, 0.05) is 19.5 Å². The number of likely N-dealkylation sites (tertiary alicyclic amines) is 1. The van der Waals surface area contributed by atoms with Crippen molar-refractivity contribution in [1.29, 1.82) is 0 Å². The Kier molecular flexibility index (Phi) is 5.34. The monoisotopic (exact) mass is 357 g/mol. The number of carbonyl (C=O) groups excluding carboxylic acids is 1. The Bertz CT molecular complexity index is 724. The molecule has 4 heterocycles. The highest BCUT2D eigenvalue weighted by Gasteiger charge is 2.26. The summed E-state index contributed by atoms with van der Waals surface area (Å²) < 4.78 is 7.62. The van der Waals surface area contributed by atoms with Crippen LogP contribution in [0.25, 0.3) is 0 Å². The second-order valence-electron chi connectivity index (χ2n) is 7.37. The molecule has 0 unspecified atom stereocenters. The smallest absolute Gasteiger partial charge is 0.224 e. The Balaban J connectivity index is 1.31. The Morgan fingerprint density at radius 3 is 3.08 bits per heavy atom. The zero-order valence-corrected chi connectivity index (χ0v) is 15.2. The summed E-state index contributed by atoms with van der Waals surface area (Å²) in [6, 6.07) is 3.89. The van der Waals surface area contributed by atoms with Crippen molar-refractivity contribution in [2.75, 3.05) is 13.1 Å². The van der Waals surface area contributed by atoms with Gasteiger partial charge in [-0.05, 0) is 44.4 Å². The first-order chi connectivity index (χ1) is 12.8. The van der Waals surface area contributed by atoms with Gasteiger partial charge in [0.05, 0.1) is 25.3 Å². The average Bonchev–Trinajstić information content (AvgIpc) is 3.24. The number of aryl methyl sites for hydroxylation is 1. The zero-order valence-electron chi connectivity index (χ0n) is 15.2. The van der Waals surface area contributed by atoms with Gasteiger partial charge in [-0.15, -0.1) is 10.2 Å². The standard InChI is InChI=1S/C19H27N5O2/c25-19(15-6-4-9-23(13-15)14-16-7-5-11-26-16)20-12-18-22-21-17-8-2-1-3-10-24(17)18/h5,7,11,15H,1-4,6,8-10,12-14H2,(H,20,25)/t15-/m0/s1. The third kappa shape index (κ3) is 3.98. The molecule has 2 aliphatic rings.